The molecule has 0 bridgehead atoms. The predicted octanol–water partition coefficient (Wildman–Crippen LogP) is 3.91. The van der Waals surface area contributed by atoms with E-state index in [1.54, 1.807) is 36.3 Å². The van der Waals surface area contributed by atoms with E-state index in [0.29, 0.717) is 29.5 Å². The number of likely N-dealkylation sites (tertiary alicyclic amines) is 1. The van der Waals surface area contributed by atoms with Crippen LogP contribution in [0.1, 0.15) is 12.8 Å². The molecule has 1 atom stereocenters. The summed E-state index contributed by atoms with van der Waals surface area (Å²) in [6.07, 6.45) is 1.35. The second-order valence-electron chi connectivity index (χ2n) is 7.85. The molecular formula is C23H26N6O3S. The average Bonchev–Trinajstić information content (AvgIpc) is 3.50. The van der Waals surface area contributed by atoms with E-state index in [-0.39, 0.29) is 11.9 Å². The highest BCUT2D eigenvalue weighted by molar-refractivity contribution is 7.18. The molecule has 0 saturated carbocycles. The summed E-state index contributed by atoms with van der Waals surface area (Å²) < 4.78 is 5.14. The van der Waals surface area contributed by atoms with Crippen molar-refractivity contribution in [2.24, 2.45) is 0 Å². The Hall–Kier alpha value is -3.66. The van der Waals surface area contributed by atoms with Gasteiger partial charge in [-0.05, 0) is 61.4 Å². The van der Waals surface area contributed by atoms with Crippen molar-refractivity contribution in [2.45, 2.75) is 18.9 Å². The van der Waals surface area contributed by atoms with Crippen molar-refractivity contribution in [3.05, 3.63) is 48.5 Å². The normalized spacial score (nSPS) is 15.2. The van der Waals surface area contributed by atoms with Gasteiger partial charge in [-0.25, -0.2) is 4.79 Å². The molecule has 2 heterocycles. The first-order valence-electron chi connectivity index (χ1n) is 10.6. The number of benzene rings is 2. The van der Waals surface area contributed by atoms with E-state index in [2.05, 4.69) is 20.8 Å². The Balaban J connectivity index is 1.38. The second kappa shape index (κ2) is 9.86. The second-order valence-corrected chi connectivity index (χ2v) is 8.83. The maximum absolute atomic E-state index is 12.9. The molecule has 0 aliphatic carbocycles. The number of aromatic nitrogens is 2. The van der Waals surface area contributed by atoms with E-state index in [1.165, 1.54) is 11.3 Å². The number of hydrogen-bond donors (Lipinski definition) is 2. The SMILES string of the molecule is COc1ccc(NC(=O)N2CCCC2C(=O)Nc2nnc(-c3ccc(N(C)C)cc3)s2)cc1. The molecule has 33 heavy (non-hydrogen) atoms. The minimum absolute atomic E-state index is 0.261. The molecule has 4 rings (SSSR count). The van der Waals surface area contributed by atoms with Crippen LogP contribution in [-0.4, -0.2) is 60.8 Å². The predicted molar refractivity (Wildman–Crippen MR) is 130 cm³/mol. The number of rotatable bonds is 6. The highest BCUT2D eigenvalue weighted by Crippen LogP contribution is 2.29. The molecule has 0 spiro atoms. The molecule has 2 N–H and O–H groups in total. The van der Waals surface area contributed by atoms with Crippen molar-refractivity contribution in [1.82, 2.24) is 15.1 Å². The van der Waals surface area contributed by atoms with E-state index < -0.39 is 6.04 Å². The number of anilines is 3. The minimum atomic E-state index is -0.560. The molecule has 1 saturated heterocycles. The molecule has 1 aromatic heterocycles. The van der Waals surface area contributed by atoms with E-state index in [9.17, 15) is 9.59 Å². The molecule has 9 nitrogen and oxygen atoms in total. The van der Waals surface area contributed by atoms with Crippen LogP contribution in [0.5, 0.6) is 5.75 Å². The Morgan fingerprint density at radius 3 is 2.45 bits per heavy atom. The van der Waals surface area contributed by atoms with Crippen molar-refractivity contribution < 1.29 is 14.3 Å². The van der Waals surface area contributed by atoms with E-state index >= 15 is 0 Å². The fraction of sp³-hybridized carbons (Fsp3) is 0.304. The molecular weight excluding hydrogens is 440 g/mol. The zero-order valence-electron chi connectivity index (χ0n) is 18.7. The maximum atomic E-state index is 12.9. The lowest BCUT2D eigenvalue weighted by atomic mass is 10.2. The lowest BCUT2D eigenvalue weighted by molar-refractivity contribution is -0.119. The van der Waals surface area contributed by atoms with Gasteiger partial charge in [0, 0.05) is 37.6 Å². The summed E-state index contributed by atoms with van der Waals surface area (Å²) >= 11 is 1.30. The quantitative estimate of drug-likeness (QED) is 0.571. The number of urea groups is 1. The molecule has 3 aromatic rings. The number of nitrogens with zero attached hydrogens (tertiary/aromatic N) is 4. The van der Waals surface area contributed by atoms with Crippen LogP contribution in [0.2, 0.25) is 0 Å². The fourth-order valence-corrected chi connectivity index (χ4v) is 4.39. The Kier molecular flexibility index (Phi) is 6.74. The number of nitrogens with one attached hydrogen (secondary N) is 2. The summed E-state index contributed by atoms with van der Waals surface area (Å²) in [6, 6.07) is 14.2. The number of ether oxygens (including phenoxy) is 1. The first-order chi connectivity index (χ1) is 15.9. The van der Waals surface area contributed by atoms with Crippen molar-refractivity contribution >= 4 is 39.8 Å². The van der Waals surface area contributed by atoms with Gasteiger partial charge in [0.05, 0.1) is 7.11 Å². The van der Waals surface area contributed by atoms with Gasteiger partial charge in [0.25, 0.3) is 0 Å². The van der Waals surface area contributed by atoms with Gasteiger partial charge >= 0.3 is 6.03 Å². The number of methoxy groups -OCH3 is 1. The summed E-state index contributed by atoms with van der Waals surface area (Å²) in [6.45, 7) is 0.514. The molecule has 1 aliphatic rings. The molecule has 1 unspecified atom stereocenters. The van der Waals surface area contributed by atoms with Gasteiger partial charge in [0.2, 0.25) is 11.0 Å². The largest absolute Gasteiger partial charge is 0.497 e. The van der Waals surface area contributed by atoms with Crippen LogP contribution in [0.25, 0.3) is 10.6 Å². The smallest absolute Gasteiger partial charge is 0.322 e. The first kappa shape index (κ1) is 22.5. The van der Waals surface area contributed by atoms with E-state index in [1.807, 2.05) is 43.3 Å². The number of carbonyl (C=O) groups excluding carboxylic acids is 2. The van der Waals surface area contributed by atoms with Gasteiger partial charge in [-0.1, -0.05) is 11.3 Å². The van der Waals surface area contributed by atoms with Crippen molar-refractivity contribution in [3.63, 3.8) is 0 Å². The highest BCUT2D eigenvalue weighted by atomic mass is 32.1. The minimum Gasteiger partial charge on any atom is -0.497 e. The molecule has 3 amide bonds. The summed E-state index contributed by atoms with van der Waals surface area (Å²) in [5.74, 6) is 0.444. The highest BCUT2D eigenvalue weighted by Gasteiger charge is 2.34. The lowest BCUT2D eigenvalue weighted by Gasteiger charge is -2.23. The van der Waals surface area contributed by atoms with Crippen LogP contribution in [0.3, 0.4) is 0 Å². The fourth-order valence-electron chi connectivity index (χ4n) is 3.63. The zero-order chi connectivity index (χ0) is 23.4. The standard InChI is InChI=1S/C23H26N6O3S/c1-28(2)17-10-6-15(7-11-17)21-26-27-22(33-21)25-20(30)19-5-4-14-29(19)23(31)24-16-8-12-18(32-3)13-9-16/h6-13,19H,4-5,14H2,1-3H3,(H,24,31)(H,25,27,30). The molecule has 172 valence electrons. The first-order valence-corrected chi connectivity index (χ1v) is 11.4. The maximum Gasteiger partial charge on any atom is 0.322 e. The van der Waals surface area contributed by atoms with Crippen LogP contribution < -0.4 is 20.3 Å². The monoisotopic (exact) mass is 466 g/mol. The van der Waals surface area contributed by atoms with Gasteiger partial charge < -0.3 is 19.9 Å². The zero-order valence-corrected chi connectivity index (χ0v) is 19.6. The number of carbonyl (C=O) groups is 2. The Bertz CT molecular complexity index is 1110. The Morgan fingerprint density at radius 2 is 1.79 bits per heavy atom. The molecule has 0 radical (unpaired) electrons. The van der Waals surface area contributed by atoms with E-state index in [4.69, 9.17) is 4.74 Å². The molecule has 10 heteroatoms. The van der Waals surface area contributed by atoms with Gasteiger partial charge in [-0.2, -0.15) is 0 Å². The van der Waals surface area contributed by atoms with Crippen LogP contribution in [0.15, 0.2) is 48.5 Å². The lowest BCUT2D eigenvalue weighted by Crippen LogP contribution is -2.45. The van der Waals surface area contributed by atoms with Crippen molar-refractivity contribution in [3.8, 4) is 16.3 Å². The summed E-state index contributed by atoms with van der Waals surface area (Å²) in [4.78, 5) is 29.3. The molecule has 1 aliphatic heterocycles. The average molecular weight is 467 g/mol. The van der Waals surface area contributed by atoms with Crippen LogP contribution >= 0.6 is 11.3 Å². The third kappa shape index (κ3) is 5.23. The van der Waals surface area contributed by atoms with Gasteiger partial charge in [-0.15, -0.1) is 10.2 Å². The molecule has 2 aromatic carbocycles. The third-order valence-electron chi connectivity index (χ3n) is 5.44. The summed E-state index contributed by atoms with van der Waals surface area (Å²) in [5.41, 5.74) is 2.66. The third-order valence-corrected chi connectivity index (χ3v) is 6.33. The van der Waals surface area contributed by atoms with Crippen LogP contribution in [-0.2, 0) is 4.79 Å². The van der Waals surface area contributed by atoms with Crippen LogP contribution in [0, 0.1) is 0 Å². The summed E-state index contributed by atoms with van der Waals surface area (Å²) in [5, 5.41) is 15.1. The van der Waals surface area contributed by atoms with Crippen molar-refractivity contribution in [2.75, 3.05) is 43.3 Å². The van der Waals surface area contributed by atoms with Gasteiger partial charge in [-0.3, -0.25) is 10.1 Å². The van der Waals surface area contributed by atoms with Crippen molar-refractivity contribution in [1.29, 1.82) is 0 Å². The Morgan fingerprint density at radius 1 is 1.06 bits per heavy atom. The number of hydrogen-bond acceptors (Lipinski definition) is 7. The number of amides is 3. The topological polar surface area (TPSA) is 99.7 Å². The summed E-state index contributed by atoms with van der Waals surface area (Å²) in [7, 11) is 5.55. The van der Waals surface area contributed by atoms with Crippen LogP contribution in [0.4, 0.5) is 21.3 Å². The van der Waals surface area contributed by atoms with E-state index in [0.717, 1.165) is 22.7 Å². The van der Waals surface area contributed by atoms with Gasteiger partial charge in [0.1, 0.15) is 16.8 Å². The molecule has 1 fully saturated rings. The Labute approximate surface area is 196 Å². The van der Waals surface area contributed by atoms with Gasteiger partial charge in [0.15, 0.2) is 0 Å².